The molecule has 0 saturated carbocycles. The zero-order chi connectivity index (χ0) is 14.9. The van der Waals surface area contributed by atoms with Gasteiger partial charge in [-0.15, -0.1) is 0 Å². The number of hydrogen-bond donors (Lipinski definition) is 1. The SMILES string of the molecule is O=C(O)C(c1ccc(F)c(C(F)(F)F)c1)N1CCCC1. The summed E-state index contributed by atoms with van der Waals surface area (Å²) in [6, 6.07) is 1.19. The van der Waals surface area contributed by atoms with Crippen molar-refractivity contribution in [3.8, 4) is 0 Å². The minimum atomic E-state index is -4.84. The molecule has 7 heteroatoms. The van der Waals surface area contributed by atoms with Gasteiger partial charge in [0.25, 0.3) is 0 Å². The van der Waals surface area contributed by atoms with Gasteiger partial charge in [0.05, 0.1) is 5.56 Å². The van der Waals surface area contributed by atoms with Gasteiger partial charge in [-0.3, -0.25) is 9.69 Å². The Bertz CT molecular complexity index is 510. The minimum Gasteiger partial charge on any atom is -0.480 e. The Morgan fingerprint density at radius 2 is 1.85 bits per heavy atom. The molecule has 0 spiro atoms. The van der Waals surface area contributed by atoms with Gasteiger partial charge in [-0.25, -0.2) is 4.39 Å². The summed E-state index contributed by atoms with van der Waals surface area (Å²) in [6.45, 7) is 1.02. The zero-order valence-electron chi connectivity index (χ0n) is 10.5. The third-order valence-corrected chi connectivity index (χ3v) is 3.35. The van der Waals surface area contributed by atoms with Crippen LogP contribution in [0.4, 0.5) is 17.6 Å². The number of carboxylic acid groups (broad SMARTS) is 1. The van der Waals surface area contributed by atoms with Crippen LogP contribution in [0.1, 0.15) is 30.0 Å². The fourth-order valence-corrected chi connectivity index (χ4v) is 2.44. The lowest BCUT2D eigenvalue weighted by Gasteiger charge is -2.24. The number of rotatable bonds is 3. The molecular formula is C13H13F4NO2. The third kappa shape index (κ3) is 2.92. The molecule has 110 valence electrons. The number of benzene rings is 1. The van der Waals surface area contributed by atoms with Gasteiger partial charge in [0.2, 0.25) is 0 Å². The second kappa shape index (κ2) is 5.40. The molecule has 1 fully saturated rings. The van der Waals surface area contributed by atoms with Crippen LogP contribution in [-0.2, 0) is 11.0 Å². The molecule has 3 nitrogen and oxygen atoms in total. The summed E-state index contributed by atoms with van der Waals surface area (Å²) in [5, 5.41) is 9.23. The summed E-state index contributed by atoms with van der Waals surface area (Å²) in [6.07, 6.45) is -3.23. The summed E-state index contributed by atoms with van der Waals surface area (Å²) in [4.78, 5) is 12.9. The molecule has 1 heterocycles. The molecule has 1 N–H and O–H groups in total. The van der Waals surface area contributed by atoms with E-state index in [1.54, 1.807) is 4.90 Å². The molecular weight excluding hydrogens is 278 g/mol. The Labute approximate surface area is 112 Å². The standard InChI is InChI=1S/C13H13F4NO2/c14-10-4-3-8(7-9(10)13(15,16)17)11(12(19)20)18-5-1-2-6-18/h3-4,7,11H,1-2,5-6H2,(H,19,20). The molecule has 20 heavy (non-hydrogen) atoms. The molecule has 1 saturated heterocycles. The van der Waals surface area contributed by atoms with Crippen molar-refractivity contribution >= 4 is 5.97 Å². The van der Waals surface area contributed by atoms with E-state index in [1.165, 1.54) is 0 Å². The van der Waals surface area contributed by atoms with Crippen molar-refractivity contribution in [2.75, 3.05) is 13.1 Å². The molecule has 1 unspecified atom stereocenters. The largest absolute Gasteiger partial charge is 0.480 e. The number of halogens is 4. The molecule has 1 aliphatic heterocycles. The van der Waals surface area contributed by atoms with Crippen molar-refractivity contribution in [3.05, 3.63) is 35.1 Å². The van der Waals surface area contributed by atoms with Gasteiger partial charge < -0.3 is 5.11 Å². The summed E-state index contributed by atoms with van der Waals surface area (Å²) in [5.41, 5.74) is -1.48. The number of aliphatic carboxylic acids is 1. The number of likely N-dealkylation sites (tertiary alicyclic amines) is 1. The van der Waals surface area contributed by atoms with Gasteiger partial charge >= 0.3 is 12.1 Å². The Hall–Kier alpha value is -1.63. The van der Waals surface area contributed by atoms with E-state index in [1.807, 2.05) is 0 Å². The average Bonchev–Trinajstić information content (AvgIpc) is 2.83. The number of alkyl halides is 3. The quantitative estimate of drug-likeness (QED) is 0.870. The van der Waals surface area contributed by atoms with E-state index >= 15 is 0 Å². The third-order valence-electron chi connectivity index (χ3n) is 3.35. The van der Waals surface area contributed by atoms with E-state index in [4.69, 9.17) is 0 Å². The van der Waals surface area contributed by atoms with E-state index in [-0.39, 0.29) is 5.56 Å². The van der Waals surface area contributed by atoms with E-state index in [9.17, 15) is 27.5 Å². The van der Waals surface area contributed by atoms with E-state index < -0.39 is 29.6 Å². The van der Waals surface area contributed by atoms with Crippen LogP contribution in [0.25, 0.3) is 0 Å². The van der Waals surface area contributed by atoms with Gasteiger partial charge in [0, 0.05) is 0 Å². The summed E-state index contributed by atoms with van der Waals surface area (Å²) < 4.78 is 51.2. The van der Waals surface area contributed by atoms with E-state index in [0.29, 0.717) is 25.2 Å². The molecule has 2 rings (SSSR count). The van der Waals surface area contributed by atoms with Gasteiger partial charge in [-0.05, 0) is 43.6 Å². The molecule has 0 aliphatic carbocycles. The number of carbonyl (C=O) groups is 1. The fourth-order valence-electron chi connectivity index (χ4n) is 2.44. The highest BCUT2D eigenvalue weighted by atomic mass is 19.4. The monoisotopic (exact) mass is 291 g/mol. The van der Waals surface area contributed by atoms with Crippen LogP contribution in [0.3, 0.4) is 0 Å². The van der Waals surface area contributed by atoms with Crippen LogP contribution in [0, 0.1) is 5.82 Å². The van der Waals surface area contributed by atoms with Crippen molar-refractivity contribution in [3.63, 3.8) is 0 Å². The minimum absolute atomic E-state index is 0.0480. The van der Waals surface area contributed by atoms with Crippen molar-refractivity contribution in [1.29, 1.82) is 0 Å². The number of nitrogens with zero attached hydrogens (tertiary/aromatic N) is 1. The molecule has 1 aromatic rings. The molecule has 1 aromatic carbocycles. The van der Waals surface area contributed by atoms with E-state index in [0.717, 1.165) is 18.9 Å². The van der Waals surface area contributed by atoms with Crippen LogP contribution in [0.15, 0.2) is 18.2 Å². The van der Waals surface area contributed by atoms with Crippen molar-refractivity contribution in [2.24, 2.45) is 0 Å². The van der Waals surface area contributed by atoms with Crippen LogP contribution >= 0.6 is 0 Å². The van der Waals surface area contributed by atoms with Crippen LogP contribution < -0.4 is 0 Å². The first-order valence-electron chi connectivity index (χ1n) is 6.14. The molecule has 1 atom stereocenters. The van der Waals surface area contributed by atoms with Gasteiger partial charge in [-0.2, -0.15) is 13.2 Å². The van der Waals surface area contributed by atoms with Crippen molar-refractivity contribution in [2.45, 2.75) is 25.1 Å². The zero-order valence-corrected chi connectivity index (χ0v) is 10.5. The summed E-state index contributed by atoms with van der Waals surface area (Å²) in [5.74, 6) is -2.63. The topological polar surface area (TPSA) is 40.5 Å². The fraction of sp³-hybridized carbons (Fsp3) is 0.462. The van der Waals surface area contributed by atoms with Crippen molar-refractivity contribution in [1.82, 2.24) is 4.90 Å². The predicted octanol–water partition coefficient (Wildman–Crippen LogP) is 3.07. The van der Waals surface area contributed by atoms with E-state index in [2.05, 4.69) is 0 Å². The number of carboxylic acids is 1. The highest BCUT2D eigenvalue weighted by molar-refractivity contribution is 5.75. The Morgan fingerprint density at radius 3 is 2.35 bits per heavy atom. The van der Waals surface area contributed by atoms with Gasteiger partial charge in [0.1, 0.15) is 11.9 Å². The smallest absolute Gasteiger partial charge is 0.419 e. The molecule has 0 aromatic heterocycles. The second-order valence-corrected chi connectivity index (χ2v) is 4.72. The molecule has 0 bridgehead atoms. The lowest BCUT2D eigenvalue weighted by atomic mass is 10.0. The lowest BCUT2D eigenvalue weighted by Crippen LogP contribution is -2.32. The van der Waals surface area contributed by atoms with Crippen LogP contribution in [0.5, 0.6) is 0 Å². The maximum absolute atomic E-state index is 13.2. The lowest BCUT2D eigenvalue weighted by molar-refractivity contribution is -0.144. The summed E-state index contributed by atoms with van der Waals surface area (Å²) >= 11 is 0. The predicted molar refractivity (Wildman–Crippen MR) is 62.6 cm³/mol. The Balaban J connectivity index is 2.41. The van der Waals surface area contributed by atoms with Crippen LogP contribution in [0.2, 0.25) is 0 Å². The Kier molecular flexibility index (Phi) is 3.99. The van der Waals surface area contributed by atoms with Crippen LogP contribution in [-0.4, -0.2) is 29.1 Å². The molecule has 0 radical (unpaired) electrons. The first-order chi connectivity index (χ1) is 9.30. The maximum Gasteiger partial charge on any atom is 0.419 e. The molecule has 1 aliphatic rings. The highest BCUT2D eigenvalue weighted by Crippen LogP contribution is 2.34. The second-order valence-electron chi connectivity index (χ2n) is 4.72. The summed E-state index contributed by atoms with van der Waals surface area (Å²) in [7, 11) is 0. The highest BCUT2D eigenvalue weighted by Gasteiger charge is 2.36. The van der Waals surface area contributed by atoms with Gasteiger partial charge in [0.15, 0.2) is 0 Å². The molecule has 0 amide bonds. The average molecular weight is 291 g/mol. The number of hydrogen-bond acceptors (Lipinski definition) is 2. The van der Waals surface area contributed by atoms with Gasteiger partial charge in [-0.1, -0.05) is 6.07 Å². The normalized spacial score (nSPS) is 18.2. The first kappa shape index (κ1) is 14.8. The first-order valence-corrected chi connectivity index (χ1v) is 6.14. The maximum atomic E-state index is 13.2. The van der Waals surface area contributed by atoms with Crippen molar-refractivity contribution < 1.29 is 27.5 Å². The Morgan fingerprint density at radius 1 is 1.25 bits per heavy atom.